The van der Waals surface area contributed by atoms with Gasteiger partial charge in [0.2, 0.25) is 0 Å². The molecule has 5 heteroatoms. The van der Waals surface area contributed by atoms with Crippen LogP contribution < -0.4 is 5.43 Å². The molecule has 0 atom stereocenters. The highest BCUT2D eigenvalue weighted by atomic mass is 35.5. The molecular formula is C17H15ClO3S. The molecule has 0 amide bonds. The molecule has 0 saturated carbocycles. The minimum atomic E-state index is -1.36. The first-order valence-electron chi connectivity index (χ1n) is 6.74. The summed E-state index contributed by atoms with van der Waals surface area (Å²) in [7, 11) is 0. The van der Waals surface area contributed by atoms with Gasteiger partial charge in [0.1, 0.15) is 0 Å². The molecule has 0 unspecified atom stereocenters. The molecule has 0 aliphatic heterocycles. The van der Waals surface area contributed by atoms with Crippen LogP contribution in [0.25, 0.3) is 20.2 Å². The Morgan fingerprint density at radius 1 is 1.09 bits per heavy atom. The molecule has 1 heterocycles. The first-order valence-corrected chi connectivity index (χ1v) is 7.94. The summed E-state index contributed by atoms with van der Waals surface area (Å²) in [5, 5.41) is 8.92. The first kappa shape index (κ1) is 16.5. The van der Waals surface area contributed by atoms with E-state index < -0.39 is 5.43 Å². The van der Waals surface area contributed by atoms with Crippen molar-refractivity contribution in [3.8, 4) is 0 Å². The van der Waals surface area contributed by atoms with Crippen molar-refractivity contribution in [3.05, 3.63) is 58.3 Å². The third-order valence-corrected chi connectivity index (χ3v) is 4.40. The summed E-state index contributed by atoms with van der Waals surface area (Å²) >= 11 is 5.89. The summed E-state index contributed by atoms with van der Waals surface area (Å²) in [4.78, 5) is 21.4. The van der Waals surface area contributed by atoms with Gasteiger partial charge in [-0.25, -0.2) is 4.79 Å². The van der Waals surface area contributed by atoms with Crippen molar-refractivity contribution in [2.45, 2.75) is 19.8 Å². The van der Waals surface area contributed by atoms with E-state index in [1.165, 1.54) is 0 Å². The molecule has 2 aromatic carbocycles. The maximum absolute atomic E-state index is 12.6. The Morgan fingerprint density at radius 2 is 1.68 bits per heavy atom. The Morgan fingerprint density at radius 3 is 2.32 bits per heavy atom. The van der Waals surface area contributed by atoms with Crippen molar-refractivity contribution in [2.24, 2.45) is 0 Å². The predicted molar refractivity (Wildman–Crippen MR) is 93.6 cm³/mol. The average molecular weight is 335 g/mol. The van der Waals surface area contributed by atoms with Gasteiger partial charge in [0, 0.05) is 31.8 Å². The van der Waals surface area contributed by atoms with Gasteiger partial charge in [-0.1, -0.05) is 38.1 Å². The van der Waals surface area contributed by atoms with Gasteiger partial charge >= 0.3 is 5.43 Å². The number of rotatable bonds is 1. The van der Waals surface area contributed by atoms with Crippen LogP contribution in [0.15, 0.2) is 47.3 Å². The molecule has 0 spiro atoms. The third kappa shape index (κ3) is 3.46. The second-order valence-corrected chi connectivity index (χ2v) is 6.46. The van der Waals surface area contributed by atoms with Gasteiger partial charge in [0.05, 0.1) is 0 Å². The lowest BCUT2D eigenvalue weighted by molar-refractivity contribution is 0.220. The zero-order chi connectivity index (χ0) is 16.3. The predicted octanol–water partition coefficient (Wildman–Crippen LogP) is 5.44. The number of benzene rings is 2. The van der Waals surface area contributed by atoms with Crippen molar-refractivity contribution >= 4 is 48.5 Å². The minimum absolute atomic E-state index is 0.170. The van der Waals surface area contributed by atoms with E-state index in [4.69, 9.17) is 9.90 Å². The number of carboxylic acid groups (broad SMARTS) is 1. The Bertz CT molecular complexity index is 880. The van der Waals surface area contributed by atoms with Crippen molar-refractivity contribution in [3.63, 3.8) is 0 Å². The van der Waals surface area contributed by atoms with Crippen LogP contribution in [0.1, 0.15) is 25.3 Å². The first-order chi connectivity index (χ1) is 10.4. The smallest absolute Gasteiger partial charge is 0.401 e. The topological polar surface area (TPSA) is 54.4 Å². The normalized spacial score (nSPS) is 10.5. The number of hydrogen-bond acceptors (Lipinski definition) is 3. The highest BCUT2D eigenvalue weighted by Crippen LogP contribution is 2.29. The number of hydrogen-bond donors (Lipinski definition) is 1. The second-order valence-electron chi connectivity index (χ2n) is 5.06. The van der Waals surface area contributed by atoms with E-state index in [1.807, 2.05) is 36.4 Å². The standard InChI is InChI=1S/C16H14OS.CHClO2/c1-10(2)11-7-5-9-14-15(11)16(17)12-6-3-4-8-13(12)18-14;2-1(3)4/h3-10H,1-2H3;(H,3,4). The van der Waals surface area contributed by atoms with Gasteiger partial charge < -0.3 is 5.11 Å². The average Bonchev–Trinajstić information content (AvgIpc) is 2.46. The van der Waals surface area contributed by atoms with Gasteiger partial charge in [0.25, 0.3) is 0 Å². The summed E-state index contributed by atoms with van der Waals surface area (Å²) in [6.07, 6.45) is 0. The van der Waals surface area contributed by atoms with Crippen molar-refractivity contribution in [2.75, 3.05) is 0 Å². The molecule has 0 fully saturated rings. The van der Waals surface area contributed by atoms with Crippen LogP contribution in [-0.4, -0.2) is 10.5 Å². The molecule has 0 aliphatic rings. The molecule has 0 aliphatic carbocycles. The molecule has 0 saturated heterocycles. The van der Waals surface area contributed by atoms with Gasteiger partial charge in [-0.2, -0.15) is 0 Å². The Kier molecular flexibility index (Phi) is 5.16. The molecule has 3 aromatic rings. The van der Waals surface area contributed by atoms with Gasteiger partial charge in [-0.05, 0) is 29.7 Å². The zero-order valence-corrected chi connectivity index (χ0v) is 13.7. The highest BCUT2D eigenvalue weighted by Gasteiger charge is 2.11. The summed E-state index contributed by atoms with van der Waals surface area (Å²) in [5.41, 5.74) is -0.0387. The van der Waals surface area contributed by atoms with Crippen LogP contribution in [0.5, 0.6) is 0 Å². The summed E-state index contributed by atoms with van der Waals surface area (Å²) in [6.45, 7) is 4.27. The Labute approximate surface area is 136 Å². The van der Waals surface area contributed by atoms with E-state index in [9.17, 15) is 4.79 Å². The SMILES string of the molecule is CC(C)c1cccc2sc3ccccc3c(=O)c12.O=C(O)Cl. The lowest BCUT2D eigenvalue weighted by atomic mass is 9.98. The van der Waals surface area contributed by atoms with Crippen molar-refractivity contribution in [1.82, 2.24) is 0 Å². The Hall–Kier alpha value is -1.91. The molecule has 0 bridgehead atoms. The summed E-state index contributed by atoms with van der Waals surface area (Å²) in [5.74, 6) is 0.370. The van der Waals surface area contributed by atoms with E-state index in [2.05, 4.69) is 31.5 Å². The van der Waals surface area contributed by atoms with Crippen LogP contribution >= 0.6 is 22.9 Å². The number of fused-ring (bicyclic) bond motifs is 2. The van der Waals surface area contributed by atoms with Gasteiger partial charge in [-0.15, -0.1) is 11.3 Å². The van der Waals surface area contributed by atoms with Crippen molar-refractivity contribution < 1.29 is 9.90 Å². The molecule has 1 N–H and O–H groups in total. The van der Waals surface area contributed by atoms with Crippen molar-refractivity contribution in [1.29, 1.82) is 0 Å². The lowest BCUT2D eigenvalue weighted by Gasteiger charge is -2.09. The fourth-order valence-electron chi connectivity index (χ4n) is 2.35. The maximum atomic E-state index is 12.6. The maximum Gasteiger partial charge on any atom is 0.401 e. The molecule has 0 radical (unpaired) electrons. The van der Waals surface area contributed by atoms with E-state index in [1.54, 1.807) is 11.3 Å². The molecule has 3 rings (SSSR count). The Balaban J connectivity index is 0.000000396. The van der Waals surface area contributed by atoms with Gasteiger partial charge in [0.15, 0.2) is 5.43 Å². The third-order valence-electron chi connectivity index (χ3n) is 3.26. The lowest BCUT2D eigenvalue weighted by Crippen LogP contribution is -2.05. The quantitative estimate of drug-likeness (QED) is 0.476. The van der Waals surface area contributed by atoms with Crippen LogP contribution in [0, 0.1) is 0 Å². The molecule has 22 heavy (non-hydrogen) atoms. The number of halogens is 1. The van der Waals surface area contributed by atoms with Crippen LogP contribution in [-0.2, 0) is 0 Å². The fraction of sp³-hybridized carbons (Fsp3) is 0.176. The molecule has 1 aromatic heterocycles. The van der Waals surface area contributed by atoms with Crippen LogP contribution in [0.3, 0.4) is 0 Å². The highest BCUT2D eigenvalue weighted by molar-refractivity contribution is 7.24. The van der Waals surface area contributed by atoms with E-state index in [0.717, 1.165) is 25.7 Å². The molecular weight excluding hydrogens is 320 g/mol. The zero-order valence-electron chi connectivity index (χ0n) is 12.2. The fourth-order valence-corrected chi connectivity index (χ4v) is 3.47. The van der Waals surface area contributed by atoms with E-state index >= 15 is 0 Å². The van der Waals surface area contributed by atoms with Gasteiger partial charge in [-0.3, -0.25) is 4.79 Å². The summed E-state index contributed by atoms with van der Waals surface area (Å²) < 4.78 is 2.15. The monoisotopic (exact) mass is 334 g/mol. The summed E-state index contributed by atoms with van der Waals surface area (Å²) in [6, 6.07) is 14.0. The van der Waals surface area contributed by atoms with Crippen LogP contribution in [0.4, 0.5) is 4.79 Å². The minimum Gasteiger partial charge on any atom is -0.469 e. The van der Waals surface area contributed by atoms with Crippen LogP contribution in [0.2, 0.25) is 0 Å². The second kappa shape index (κ2) is 6.90. The number of carbonyl (C=O) groups is 1. The molecule has 114 valence electrons. The molecule has 3 nitrogen and oxygen atoms in total. The largest absolute Gasteiger partial charge is 0.469 e. The van der Waals surface area contributed by atoms with E-state index in [-0.39, 0.29) is 5.43 Å². The van der Waals surface area contributed by atoms with E-state index in [0.29, 0.717) is 5.92 Å².